The van der Waals surface area contributed by atoms with Crippen LogP contribution in [0.5, 0.6) is 0 Å². The van der Waals surface area contributed by atoms with Gasteiger partial charge in [0, 0.05) is 44.3 Å². The lowest BCUT2D eigenvalue weighted by atomic mass is 10.1. The second-order valence-corrected chi connectivity index (χ2v) is 6.51. The van der Waals surface area contributed by atoms with Gasteiger partial charge in [0.05, 0.1) is 0 Å². The number of nitrogens with zero attached hydrogens (tertiary/aromatic N) is 2. The van der Waals surface area contributed by atoms with Crippen LogP contribution in [0.15, 0.2) is 29.3 Å². The first-order chi connectivity index (χ1) is 9.83. The van der Waals surface area contributed by atoms with E-state index in [-0.39, 0.29) is 5.54 Å². The molecule has 0 atom stereocenters. The van der Waals surface area contributed by atoms with Crippen molar-refractivity contribution in [2.75, 3.05) is 27.2 Å². The van der Waals surface area contributed by atoms with Crippen LogP contribution in [0.25, 0.3) is 0 Å². The molecule has 4 nitrogen and oxygen atoms in total. The average Bonchev–Trinajstić information content (AvgIpc) is 2.40. The maximum Gasteiger partial charge on any atom is 0.193 e. The molecule has 0 amide bonds. The van der Waals surface area contributed by atoms with Crippen molar-refractivity contribution in [1.82, 2.24) is 15.5 Å². The van der Waals surface area contributed by atoms with E-state index in [1.54, 1.807) is 7.05 Å². The molecule has 0 saturated carbocycles. The summed E-state index contributed by atoms with van der Waals surface area (Å²) < 4.78 is 0. The van der Waals surface area contributed by atoms with Crippen molar-refractivity contribution < 1.29 is 0 Å². The number of rotatable bonds is 5. The molecule has 0 spiro atoms. The number of aliphatic imine (C=N–C) groups is 1. The Bertz CT molecular complexity index is 466. The molecule has 5 heteroatoms. The number of guanidine groups is 1. The van der Waals surface area contributed by atoms with Crippen molar-refractivity contribution in [3.05, 3.63) is 34.9 Å². The second kappa shape index (κ2) is 8.25. The SMILES string of the molecule is CN=C(NCCNC(C)(C)C)N(C)Cc1ccccc1Cl. The van der Waals surface area contributed by atoms with E-state index in [4.69, 9.17) is 11.6 Å². The number of nitrogens with one attached hydrogen (secondary N) is 2. The molecule has 0 saturated heterocycles. The van der Waals surface area contributed by atoms with Crippen molar-refractivity contribution in [2.24, 2.45) is 4.99 Å². The third kappa shape index (κ3) is 6.82. The predicted molar refractivity (Wildman–Crippen MR) is 92.0 cm³/mol. The minimum Gasteiger partial charge on any atom is -0.355 e. The molecule has 1 rings (SSSR count). The van der Waals surface area contributed by atoms with E-state index < -0.39 is 0 Å². The van der Waals surface area contributed by atoms with Crippen molar-refractivity contribution >= 4 is 17.6 Å². The molecule has 21 heavy (non-hydrogen) atoms. The van der Waals surface area contributed by atoms with Crippen LogP contribution in [0.4, 0.5) is 0 Å². The first-order valence-corrected chi connectivity index (χ1v) is 7.61. The minimum absolute atomic E-state index is 0.134. The van der Waals surface area contributed by atoms with Crippen LogP contribution < -0.4 is 10.6 Å². The van der Waals surface area contributed by atoms with Gasteiger partial charge in [-0.15, -0.1) is 0 Å². The third-order valence-corrected chi connectivity index (χ3v) is 3.37. The van der Waals surface area contributed by atoms with E-state index >= 15 is 0 Å². The first kappa shape index (κ1) is 17.8. The van der Waals surface area contributed by atoms with Gasteiger partial charge in [-0.3, -0.25) is 4.99 Å². The Morgan fingerprint density at radius 1 is 1.24 bits per heavy atom. The summed E-state index contributed by atoms with van der Waals surface area (Å²) in [5.41, 5.74) is 1.23. The van der Waals surface area contributed by atoms with Gasteiger partial charge in [-0.05, 0) is 32.4 Å². The fraction of sp³-hybridized carbons (Fsp3) is 0.562. The fourth-order valence-corrected chi connectivity index (χ4v) is 2.15. The number of halogens is 1. The van der Waals surface area contributed by atoms with Gasteiger partial charge in [0.15, 0.2) is 5.96 Å². The molecule has 0 radical (unpaired) electrons. The van der Waals surface area contributed by atoms with Gasteiger partial charge >= 0.3 is 0 Å². The highest BCUT2D eigenvalue weighted by Gasteiger charge is 2.10. The highest BCUT2D eigenvalue weighted by Crippen LogP contribution is 2.16. The minimum atomic E-state index is 0.134. The summed E-state index contributed by atoms with van der Waals surface area (Å²) in [6.07, 6.45) is 0. The molecule has 0 unspecified atom stereocenters. The molecule has 0 aliphatic heterocycles. The maximum absolute atomic E-state index is 6.20. The van der Waals surface area contributed by atoms with Crippen LogP contribution in [0.1, 0.15) is 26.3 Å². The van der Waals surface area contributed by atoms with Crippen LogP contribution in [-0.2, 0) is 6.54 Å². The average molecular weight is 311 g/mol. The molecule has 2 N–H and O–H groups in total. The fourth-order valence-electron chi connectivity index (χ4n) is 1.95. The molecule has 0 fully saturated rings. The van der Waals surface area contributed by atoms with E-state index in [0.717, 1.165) is 36.2 Å². The summed E-state index contributed by atoms with van der Waals surface area (Å²) in [7, 11) is 3.80. The van der Waals surface area contributed by atoms with Crippen LogP contribution >= 0.6 is 11.6 Å². The Kier molecular flexibility index (Phi) is 6.99. The molecular formula is C16H27ClN4. The van der Waals surface area contributed by atoms with Gasteiger partial charge in [0.2, 0.25) is 0 Å². The molecule has 1 aromatic rings. The van der Waals surface area contributed by atoms with Crippen LogP contribution in [-0.4, -0.2) is 43.6 Å². The van der Waals surface area contributed by atoms with Gasteiger partial charge in [0.1, 0.15) is 0 Å². The lowest BCUT2D eigenvalue weighted by Gasteiger charge is -2.24. The molecular weight excluding hydrogens is 284 g/mol. The number of hydrogen-bond donors (Lipinski definition) is 2. The lowest BCUT2D eigenvalue weighted by molar-refractivity contribution is 0.422. The summed E-state index contributed by atoms with van der Waals surface area (Å²) in [6, 6.07) is 7.89. The summed E-state index contributed by atoms with van der Waals surface area (Å²) in [5, 5.41) is 7.58. The maximum atomic E-state index is 6.20. The monoisotopic (exact) mass is 310 g/mol. The highest BCUT2D eigenvalue weighted by molar-refractivity contribution is 6.31. The summed E-state index contributed by atoms with van der Waals surface area (Å²) in [5.74, 6) is 0.866. The van der Waals surface area contributed by atoms with E-state index in [2.05, 4.69) is 41.3 Å². The second-order valence-electron chi connectivity index (χ2n) is 6.10. The Morgan fingerprint density at radius 2 is 1.90 bits per heavy atom. The molecule has 0 aliphatic rings. The molecule has 0 aromatic heterocycles. The van der Waals surface area contributed by atoms with Crippen LogP contribution in [0.2, 0.25) is 5.02 Å². The van der Waals surface area contributed by atoms with E-state index in [1.807, 2.05) is 31.3 Å². The van der Waals surface area contributed by atoms with Gasteiger partial charge < -0.3 is 15.5 Å². The highest BCUT2D eigenvalue weighted by atomic mass is 35.5. The van der Waals surface area contributed by atoms with Crippen molar-refractivity contribution in [1.29, 1.82) is 0 Å². The van der Waals surface area contributed by atoms with Crippen molar-refractivity contribution in [3.63, 3.8) is 0 Å². The Morgan fingerprint density at radius 3 is 2.48 bits per heavy atom. The van der Waals surface area contributed by atoms with Gasteiger partial charge in [-0.25, -0.2) is 0 Å². The zero-order chi connectivity index (χ0) is 15.9. The number of hydrogen-bond acceptors (Lipinski definition) is 2. The topological polar surface area (TPSA) is 39.7 Å². The molecule has 0 heterocycles. The molecule has 1 aromatic carbocycles. The van der Waals surface area contributed by atoms with E-state index in [9.17, 15) is 0 Å². The van der Waals surface area contributed by atoms with Crippen LogP contribution in [0, 0.1) is 0 Å². The summed E-state index contributed by atoms with van der Waals surface area (Å²) in [4.78, 5) is 6.38. The zero-order valence-electron chi connectivity index (χ0n) is 13.7. The molecule has 118 valence electrons. The Hall–Kier alpha value is -1.26. The Balaban J connectivity index is 2.47. The van der Waals surface area contributed by atoms with Crippen LogP contribution in [0.3, 0.4) is 0 Å². The van der Waals surface area contributed by atoms with E-state index in [1.165, 1.54) is 0 Å². The van der Waals surface area contributed by atoms with Gasteiger partial charge in [0.25, 0.3) is 0 Å². The summed E-state index contributed by atoms with van der Waals surface area (Å²) in [6.45, 7) is 8.92. The third-order valence-electron chi connectivity index (χ3n) is 3.00. The largest absolute Gasteiger partial charge is 0.355 e. The van der Waals surface area contributed by atoms with E-state index in [0.29, 0.717) is 0 Å². The Labute approximate surface area is 133 Å². The summed E-state index contributed by atoms with van der Waals surface area (Å²) >= 11 is 6.20. The first-order valence-electron chi connectivity index (χ1n) is 7.23. The quantitative estimate of drug-likeness (QED) is 0.499. The van der Waals surface area contributed by atoms with Crippen molar-refractivity contribution in [2.45, 2.75) is 32.9 Å². The predicted octanol–water partition coefficient (Wildman–Crippen LogP) is 2.74. The normalized spacial score (nSPS) is 12.4. The number of benzene rings is 1. The zero-order valence-corrected chi connectivity index (χ0v) is 14.5. The molecule has 0 bridgehead atoms. The molecule has 0 aliphatic carbocycles. The standard InChI is InChI=1S/C16H27ClN4/c1-16(2,3)20-11-10-19-15(18-4)21(5)12-13-8-6-7-9-14(13)17/h6-9,20H,10-12H2,1-5H3,(H,18,19). The lowest BCUT2D eigenvalue weighted by Crippen LogP contribution is -2.44. The smallest absolute Gasteiger partial charge is 0.193 e. The van der Waals surface area contributed by atoms with Crippen molar-refractivity contribution in [3.8, 4) is 0 Å². The van der Waals surface area contributed by atoms with Gasteiger partial charge in [-0.1, -0.05) is 29.8 Å². The van der Waals surface area contributed by atoms with Gasteiger partial charge in [-0.2, -0.15) is 0 Å².